The van der Waals surface area contributed by atoms with E-state index in [1.54, 1.807) is 24.3 Å². The van der Waals surface area contributed by atoms with Gasteiger partial charge in [0.25, 0.3) is 10.8 Å². The number of fused-ring (bicyclic) bond motifs is 2. The van der Waals surface area contributed by atoms with E-state index in [0.717, 1.165) is 23.3 Å². The summed E-state index contributed by atoms with van der Waals surface area (Å²) in [6.45, 7) is 1.93. The highest BCUT2D eigenvalue weighted by molar-refractivity contribution is 7.94. The van der Waals surface area contributed by atoms with Crippen LogP contribution in [0.15, 0.2) is 72.8 Å². The van der Waals surface area contributed by atoms with E-state index < -0.39 is 44.0 Å². The van der Waals surface area contributed by atoms with Crippen LogP contribution in [0.2, 0.25) is 0 Å². The van der Waals surface area contributed by atoms with E-state index >= 15 is 0 Å². The first-order valence-electron chi connectivity index (χ1n) is 10.7. The number of aryl methyl sites for hydroxylation is 1. The van der Waals surface area contributed by atoms with E-state index in [-0.39, 0.29) is 23.5 Å². The molecular weight excluding hydrogens is 481 g/mol. The summed E-state index contributed by atoms with van der Waals surface area (Å²) in [6, 6.07) is 17.3. The molecule has 0 radical (unpaired) electrons. The number of alkyl halides is 3. The molecule has 180 valence electrons. The van der Waals surface area contributed by atoms with Crippen molar-refractivity contribution in [1.29, 1.82) is 0 Å². The minimum atomic E-state index is -4.72. The number of amides is 2. The van der Waals surface area contributed by atoms with E-state index in [0.29, 0.717) is 11.0 Å². The van der Waals surface area contributed by atoms with E-state index in [2.05, 4.69) is 0 Å². The second-order valence-electron chi connectivity index (χ2n) is 8.57. The smallest absolute Gasteiger partial charge is 0.304 e. The van der Waals surface area contributed by atoms with Gasteiger partial charge in [0.05, 0.1) is 17.8 Å². The normalized spacial score (nSPS) is 21.1. The number of carbonyl (C=O) groups is 2. The Morgan fingerprint density at radius 2 is 1.63 bits per heavy atom. The molecule has 3 aromatic rings. The molecule has 2 heterocycles. The lowest BCUT2D eigenvalue weighted by Crippen LogP contribution is -2.54. The summed E-state index contributed by atoms with van der Waals surface area (Å²) >= 11 is 0. The van der Waals surface area contributed by atoms with Gasteiger partial charge in [-0.3, -0.25) is 14.5 Å². The van der Waals surface area contributed by atoms with Gasteiger partial charge in [0, 0.05) is 11.3 Å². The summed E-state index contributed by atoms with van der Waals surface area (Å²) in [7, 11) is -4.47. The van der Waals surface area contributed by atoms with Gasteiger partial charge in [-0.1, -0.05) is 54.1 Å². The molecule has 10 heteroatoms. The Hall–Kier alpha value is -3.66. The van der Waals surface area contributed by atoms with Crippen LogP contribution in [-0.2, 0) is 37.0 Å². The number of carbonyl (C=O) groups excluding carboxylic acids is 2. The Labute approximate surface area is 199 Å². The van der Waals surface area contributed by atoms with Crippen molar-refractivity contribution in [2.45, 2.75) is 24.5 Å². The number of para-hydroxylation sites is 1. The molecule has 35 heavy (non-hydrogen) atoms. The summed E-state index contributed by atoms with van der Waals surface area (Å²) in [6.07, 6.45) is -4.72. The van der Waals surface area contributed by atoms with Crippen LogP contribution in [0.1, 0.15) is 22.3 Å². The van der Waals surface area contributed by atoms with Crippen LogP contribution in [0, 0.1) is 6.92 Å². The van der Waals surface area contributed by atoms with Crippen LogP contribution in [0.5, 0.6) is 0 Å². The average Bonchev–Trinajstić information content (AvgIpc) is 3.17. The molecule has 1 saturated heterocycles. The molecule has 0 bridgehead atoms. The van der Waals surface area contributed by atoms with Crippen molar-refractivity contribution in [3.05, 3.63) is 95.1 Å². The highest BCUT2D eigenvalue weighted by Gasteiger charge is 2.69. The third kappa shape index (κ3) is 3.35. The molecule has 3 aromatic carbocycles. The summed E-state index contributed by atoms with van der Waals surface area (Å²) in [5.41, 5.74) is 0.679. The first-order valence-corrected chi connectivity index (χ1v) is 12.3. The van der Waals surface area contributed by atoms with Gasteiger partial charge in [0.1, 0.15) is 5.75 Å². The van der Waals surface area contributed by atoms with Crippen LogP contribution in [0.25, 0.3) is 0 Å². The molecule has 0 aromatic heterocycles. The van der Waals surface area contributed by atoms with Crippen molar-refractivity contribution in [2.24, 2.45) is 0 Å². The third-order valence-corrected chi connectivity index (χ3v) is 8.42. The molecule has 2 aliphatic heterocycles. The number of anilines is 2. The van der Waals surface area contributed by atoms with Crippen molar-refractivity contribution in [3.8, 4) is 0 Å². The van der Waals surface area contributed by atoms with Gasteiger partial charge < -0.3 is 4.90 Å². The number of benzene rings is 3. The number of hydrogen-bond donors (Lipinski definition) is 0. The van der Waals surface area contributed by atoms with Crippen molar-refractivity contribution < 1.29 is 31.2 Å². The lowest BCUT2D eigenvalue weighted by atomic mass is 10.0. The number of hydrogen-bond acceptors (Lipinski definition) is 4. The number of halogens is 3. The monoisotopic (exact) mass is 500 g/mol. The van der Waals surface area contributed by atoms with Crippen molar-refractivity contribution in [3.63, 3.8) is 0 Å². The zero-order valence-corrected chi connectivity index (χ0v) is 19.2. The topological polar surface area (TPSA) is 74.8 Å². The molecule has 2 aliphatic rings. The molecule has 0 aliphatic carbocycles. The van der Waals surface area contributed by atoms with Gasteiger partial charge in [0.15, 0.2) is 9.84 Å². The van der Waals surface area contributed by atoms with Crippen molar-refractivity contribution in [2.75, 3.05) is 15.6 Å². The van der Waals surface area contributed by atoms with E-state index in [9.17, 15) is 31.2 Å². The fraction of sp³-hybridized carbons (Fsp3) is 0.200. The molecule has 1 fully saturated rings. The van der Waals surface area contributed by atoms with Gasteiger partial charge in [-0.15, -0.1) is 0 Å². The molecule has 5 rings (SSSR count). The number of sulfone groups is 1. The number of rotatable bonds is 3. The van der Waals surface area contributed by atoms with Crippen LogP contribution in [-0.4, -0.2) is 26.0 Å². The molecule has 0 saturated carbocycles. The third-order valence-electron chi connectivity index (χ3n) is 6.32. The SMILES string of the molecule is Cc1ccc(CN2C(=O)[C@]3(c4ccccc42)N(c2cccc(C(F)(F)F)c2)C(=O)CS3(=O)=O)cc1. The van der Waals surface area contributed by atoms with Crippen LogP contribution < -0.4 is 9.80 Å². The van der Waals surface area contributed by atoms with Gasteiger partial charge >= 0.3 is 6.18 Å². The van der Waals surface area contributed by atoms with E-state index in [1.807, 2.05) is 19.1 Å². The predicted molar refractivity (Wildman–Crippen MR) is 123 cm³/mol. The zero-order chi connectivity index (χ0) is 25.2. The molecule has 1 atom stereocenters. The Bertz CT molecular complexity index is 1470. The number of nitrogens with zero attached hydrogens (tertiary/aromatic N) is 2. The van der Waals surface area contributed by atoms with Crippen molar-refractivity contribution >= 4 is 33.0 Å². The lowest BCUT2D eigenvalue weighted by molar-refractivity contribution is -0.137. The Morgan fingerprint density at radius 3 is 2.31 bits per heavy atom. The van der Waals surface area contributed by atoms with Gasteiger partial charge in [-0.2, -0.15) is 13.2 Å². The molecule has 6 nitrogen and oxygen atoms in total. The van der Waals surface area contributed by atoms with Gasteiger partial charge in [-0.25, -0.2) is 8.42 Å². The first-order chi connectivity index (χ1) is 16.5. The fourth-order valence-electron chi connectivity index (χ4n) is 4.75. The maximum atomic E-state index is 14.0. The van der Waals surface area contributed by atoms with E-state index in [1.165, 1.54) is 23.1 Å². The average molecular weight is 500 g/mol. The highest BCUT2D eigenvalue weighted by atomic mass is 32.2. The Balaban J connectivity index is 1.72. The Kier molecular flexibility index (Phi) is 5.06. The minimum absolute atomic E-state index is 0.0258. The largest absolute Gasteiger partial charge is 0.416 e. The fourth-order valence-corrected chi connectivity index (χ4v) is 6.78. The van der Waals surface area contributed by atoms with Gasteiger partial charge in [-0.05, 0) is 36.8 Å². The zero-order valence-electron chi connectivity index (χ0n) is 18.4. The molecule has 2 amide bonds. The Morgan fingerprint density at radius 1 is 0.943 bits per heavy atom. The predicted octanol–water partition coefficient (Wildman–Crippen LogP) is 4.18. The van der Waals surface area contributed by atoms with Crippen LogP contribution >= 0.6 is 0 Å². The standard InChI is InChI=1S/C25H19F3N2O4S/c1-16-9-11-17(12-10-16)14-29-21-8-3-2-7-20(21)24(23(29)32)30(22(31)15-35(24,33)34)19-6-4-5-18(13-19)25(26,27)28/h2-13H,14-15H2,1H3/t24-/m1/s1. The molecule has 0 N–H and O–H groups in total. The second kappa shape index (κ2) is 7.67. The summed E-state index contributed by atoms with van der Waals surface area (Å²) < 4.78 is 67.4. The minimum Gasteiger partial charge on any atom is -0.304 e. The highest BCUT2D eigenvalue weighted by Crippen LogP contribution is 2.53. The second-order valence-corrected chi connectivity index (χ2v) is 10.7. The van der Waals surface area contributed by atoms with E-state index in [4.69, 9.17) is 0 Å². The quantitative estimate of drug-likeness (QED) is 0.541. The summed E-state index contributed by atoms with van der Waals surface area (Å²) in [5.74, 6) is -2.87. The molecule has 0 unspecified atom stereocenters. The first kappa shape index (κ1) is 23.1. The van der Waals surface area contributed by atoms with Crippen LogP contribution in [0.4, 0.5) is 24.5 Å². The maximum Gasteiger partial charge on any atom is 0.416 e. The molecular formula is C25H19F3N2O4S. The molecule has 1 spiro atoms. The summed E-state index contributed by atoms with van der Waals surface area (Å²) in [4.78, 5) is 26.6. The van der Waals surface area contributed by atoms with Crippen molar-refractivity contribution in [1.82, 2.24) is 0 Å². The van der Waals surface area contributed by atoms with Gasteiger partial charge in [0.2, 0.25) is 5.91 Å². The summed E-state index contributed by atoms with van der Waals surface area (Å²) in [5, 5.41) is 0. The van der Waals surface area contributed by atoms with Crippen LogP contribution in [0.3, 0.4) is 0 Å². The maximum absolute atomic E-state index is 14.0. The lowest BCUT2D eigenvalue weighted by Gasteiger charge is -2.33.